The highest BCUT2D eigenvalue weighted by Crippen LogP contribution is 2.28. The number of thiophene rings is 1. The monoisotopic (exact) mass is 410 g/mol. The third-order valence-electron chi connectivity index (χ3n) is 4.58. The first-order valence-electron chi connectivity index (χ1n) is 9.28. The van der Waals surface area contributed by atoms with E-state index in [1.54, 1.807) is 23.1 Å². The van der Waals surface area contributed by atoms with Crippen molar-refractivity contribution in [3.63, 3.8) is 0 Å². The molecule has 0 saturated carbocycles. The minimum absolute atomic E-state index is 0.0756. The van der Waals surface area contributed by atoms with Crippen molar-refractivity contribution >= 4 is 40.4 Å². The molecule has 0 radical (unpaired) electrons. The summed E-state index contributed by atoms with van der Waals surface area (Å²) in [5, 5.41) is 5.11. The second kappa shape index (κ2) is 9.28. The number of hydrogen-bond donors (Lipinski definition) is 1. The van der Waals surface area contributed by atoms with Crippen LogP contribution in [0, 0.1) is 0 Å². The highest BCUT2D eigenvalue weighted by molar-refractivity contribution is 7.98. The predicted molar refractivity (Wildman–Crippen MR) is 118 cm³/mol. The van der Waals surface area contributed by atoms with E-state index >= 15 is 0 Å². The zero-order valence-corrected chi connectivity index (χ0v) is 17.1. The van der Waals surface area contributed by atoms with E-state index in [0.717, 1.165) is 48.3 Å². The number of carbonyl (C=O) groups excluding carboxylic acids is 1. The van der Waals surface area contributed by atoms with Crippen LogP contribution in [0.1, 0.15) is 15.2 Å². The van der Waals surface area contributed by atoms with Crippen LogP contribution in [-0.4, -0.2) is 32.2 Å². The molecule has 1 fully saturated rings. The molecule has 1 aliphatic heterocycles. The van der Waals surface area contributed by atoms with Crippen LogP contribution in [0.25, 0.3) is 0 Å². The molecule has 4 nitrogen and oxygen atoms in total. The van der Waals surface area contributed by atoms with Crippen molar-refractivity contribution in [1.82, 2.24) is 0 Å². The Labute approximate surface area is 173 Å². The van der Waals surface area contributed by atoms with Crippen LogP contribution in [0.3, 0.4) is 0 Å². The fourth-order valence-corrected chi connectivity index (χ4v) is 4.92. The lowest BCUT2D eigenvalue weighted by molar-refractivity contribution is 0.102. The molecule has 0 bridgehead atoms. The Morgan fingerprint density at radius 2 is 1.82 bits per heavy atom. The van der Waals surface area contributed by atoms with Gasteiger partial charge < -0.3 is 15.0 Å². The SMILES string of the molecule is O=C(Nc1ccc(N2CCOCC2)cc1)c1ccccc1SCc1cccs1. The van der Waals surface area contributed by atoms with Crippen LogP contribution in [0.2, 0.25) is 0 Å². The third-order valence-corrected chi connectivity index (χ3v) is 6.76. The summed E-state index contributed by atoms with van der Waals surface area (Å²) in [7, 11) is 0. The van der Waals surface area contributed by atoms with E-state index in [9.17, 15) is 4.79 Å². The van der Waals surface area contributed by atoms with E-state index < -0.39 is 0 Å². The molecule has 6 heteroatoms. The number of hydrogen-bond acceptors (Lipinski definition) is 5. The van der Waals surface area contributed by atoms with Crippen LogP contribution in [0.4, 0.5) is 11.4 Å². The second-order valence-corrected chi connectivity index (χ2v) is 8.51. The Morgan fingerprint density at radius 3 is 2.57 bits per heavy atom. The van der Waals surface area contributed by atoms with Gasteiger partial charge in [-0.2, -0.15) is 0 Å². The zero-order chi connectivity index (χ0) is 19.2. The molecule has 0 aliphatic carbocycles. The van der Waals surface area contributed by atoms with Crippen LogP contribution in [-0.2, 0) is 10.5 Å². The largest absolute Gasteiger partial charge is 0.378 e. The Bertz CT molecular complexity index is 905. The zero-order valence-electron chi connectivity index (χ0n) is 15.5. The molecule has 144 valence electrons. The minimum atomic E-state index is -0.0756. The standard InChI is InChI=1S/C22H22N2O2S2/c25-22(20-5-1-2-6-21(20)28-16-19-4-3-15-27-19)23-17-7-9-18(10-8-17)24-11-13-26-14-12-24/h1-10,15H,11-14,16H2,(H,23,25). The molecule has 3 aromatic rings. The van der Waals surface area contributed by atoms with Gasteiger partial charge in [0.2, 0.25) is 0 Å². The van der Waals surface area contributed by atoms with Gasteiger partial charge in [-0.3, -0.25) is 4.79 Å². The van der Waals surface area contributed by atoms with Crippen LogP contribution >= 0.6 is 23.1 Å². The summed E-state index contributed by atoms with van der Waals surface area (Å²) >= 11 is 3.43. The number of nitrogens with one attached hydrogen (secondary N) is 1. The number of nitrogens with zero attached hydrogens (tertiary/aromatic N) is 1. The smallest absolute Gasteiger partial charge is 0.256 e. The van der Waals surface area contributed by atoms with Crippen molar-refractivity contribution in [3.05, 3.63) is 76.5 Å². The maximum Gasteiger partial charge on any atom is 0.256 e. The van der Waals surface area contributed by atoms with Crippen molar-refractivity contribution in [1.29, 1.82) is 0 Å². The average molecular weight is 411 g/mol. The van der Waals surface area contributed by atoms with Gasteiger partial charge in [0, 0.05) is 40.0 Å². The molecule has 2 aromatic carbocycles. The van der Waals surface area contributed by atoms with E-state index in [4.69, 9.17) is 4.74 Å². The first-order chi connectivity index (χ1) is 13.8. The van der Waals surface area contributed by atoms with Crippen LogP contribution in [0.15, 0.2) is 70.9 Å². The summed E-state index contributed by atoms with van der Waals surface area (Å²) in [6, 6.07) is 20.0. The predicted octanol–water partition coefficient (Wildman–Crippen LogP) is 5.13. The van der Waals surface area contributed by atoms with E-state index in [2.05, 4.69) is 39.9 Å². The van der Waals surface area contributed by atoms with E-state index in [-0.39, 0.29) is 5.91 Å². The first kappa shape index (κ1) is 19.1. The first-order valence-corrected chi connectivity index (χ1v) is 11.1. The average Bonchev–Trinajstić information content (AvgIpc) is 3.27. The molecule has 2 heterocycles. The maximum atomic E-state index is 12.8. The van der Waals surface area contributed by atoms with Gasteiger partial charge in [-0.1, -0.05) is 18.2 Å². The van der Waals surface area contributed by atoms with E-state index in [1.807, 2.05) is 36.4 Å². The van der Waals surface area contributed by atoms with Gasteiger partial charge in [0.05, 0.1) is 18.8 Å². The van der Waals surface area contributed by atoms with Crippen molar-refractivity contribution < 1.29 is 9.53 Å². The van der Waals surface area contributed by atoms with Gasteiger partial charge in [-0.05, 0) is 47.8 Å². The van der Waals surface area contributed by atoms with Gasteiger partial charge in [0.15, 0.2) is 0 Å². The van der Waals surface area contributed by atoms with Crippen molar-refractivity contribution in [2.45, 2.75) is 10.6 Å². The summed E-state index contributed by atoms with van der Waals surface area (Å²) in [5.41, 5.74) is 2.68. The summed E-state index contributed by atoms with van der Waals surface area (Å²) in [6.07, 6.45) is 0. The van der Waals surface area contributed by atoms with Crippen LogP contribution < -0.4 is 10.2 Å². The summed E-state index contributed by atoms with van der Waals surface area (Å²) < 4.78 is 5.40. The number of amides is 1. The highest BCUT2D eigenvalue weighted by atomic mass is 32.2. The second-order valence-electron chi connectivity index (χ2n) is 6.46. The molecule has 1 saturated heterocycles. The molecular weight excluding hydrogens is 388 g/mol. The van der Waals surface area contributed by atoms with Crippen molar-refractivity contribution in [2.24, 2.45) is 0 Å². The van der Waals surface area contributed by atoms with Gasteiger partial charge in [0.25, 0.3) is 5.91 Å². The Balaban J connectivity index is 1.42. The number of ether oxygens (including phenoxy) is 1. The summed E-state index contributed by atoms with van der Waals surface area (Å²) in [4.78, 5) is 17.4. The Hall–Kier alpha value is -2.28. The lowest BCUT2D eigenvalue weighted by Crippen LogP contribution is -2.36. The Kier molecular flexibility index (Phi) is 6.31. The lowest BCUT2D eigenvalue weighted by Gasteiger charge is -2.28. The molecule has 4 rings (SSSR count). The maximum absolute atomic E-state index is 12.8. The van der Waals surface area contributed by atoms with Crippen LogP contribution in [0.5, 0.6) is 0 Å². The quantitative estimate of drug-likeness (QED) is 0.572. The topological polar surface area (TPSA) is 41.6 Å². The molecule has 28 heavy (non-hydrogen) atoms. The van der Waals surface area contributed by atoms with Gasteiger partial charge >= 0.3 is 0 Å². The molecular formula is C22H22N2O2S2. The molecule has 0 atom stereocenters. The lowest BCUT2D eigenvalue weighted by atomic mass is 10.2. The van der Waals surface area contributed by atoms with Gasteiger partial charge in [-0.15, -0.1) is 23.1 Å². The molecule has 1 aliphatic rings. The molecule has 0 unspecified atom stereocenters. The van der Waals surface area contributed by atoms with Gasteiger partial charge in [0.1, 0.15) is 0 Å². The number of thioether (sulfide) groups is 1. The normalized spacial score (nSPS) is 14.1. The number of anilines is 2. The number of rotatable bonds is 6. The molecule has 1 amide bonds. The van der Waals surface area contributed by atoms with Gasteiger partial charge in [-0.25, -0.2) is 0 Å². The molecule has 1 aromatic heterocycles. The molecule has 1 N–H and O–H groups in total. The third kappa shape index (κ3) is 4.76. The summed E-state index contributed by atoms with van der Waals surface area (Å²) in [6.45, 7) is 3.33. The van der Waals surface area contributed by atoms with E-state index in [1.165, 1.54) is 4.88 Å². The highest BCUT2D eigenvalue weighted by Gasteiger charge is 2.14. The van der Waals surface area contributed by atoms with Crippen molar-refractivity contribution in [3.8, 4) is 0 Å². The van der Waals surface area contributed by atoms with E-state index in [0.29, 0.717) is 5.56 Å². The fourth-order valence-electron chi connectivity index (χ4n) is 3.10. The van der Waals surface area contributed by atoms with Crippen molar-refractivity contribution in [2.75, 3.05) is 36.5 Å². The molecule has 0 spiro atoms. The summed E-state index contributed by atoms with van der Waals surface area (Å²) in [5.74, 6) is 0.796. The number of morpholine rings is 1. The number of benzene rings is 2. The Morgan fingerprint density at radius 1 is 1.04 bits per heavy atom. The minimum Gasteiger partial charge on any atom is -0.378 e. The fraction of sp³-hybridized carbons (Fsp3) is 0.227. The number of carbonyl (C=O) groups is 1.